The quantitative estimate of drug-likeness (QED) is 0.809. The van der Waals surface area contributed by atoms with E-state index in [4.69, 9.17) is 5.11 Å². The largest absolute Gasteiger partial charge is 0.481 e. The van der Waals surface area contributed by atoms with Crippen LogP contribution in [0.25, 0.3) is 0 Å². The predicted octanol–water partition coefficient (Wildman–Crippen LogP) is 3.19. The summed E-state index contributed by atoms with van der Waals surface area (Å²) >= 11 is 0. The van der Waals surface area contributed by atoms with Crippen LogP contribution >= 0.6 is 0 Å². The Morgan fingerprint density at radius 1 is 1.11 bits per heavy atom. The second-order valence-electron chi connectivity index (χ2n) is 6.11. The van der Waals surface area contributed by atoms with Crippen LogP contribution in [0.3, 0.4) is 0 Å². The third-order valence-corrected chi connectivity index (χ3v) is 4.96. The highest BCUT2D eigenvalue weighted by atomic mass is 16.4. The van der Waals surface area contributed by atoms with Gasteiger partial charge in [-0.25, -0.2) is 0 Å². The zero-order valence-electron chi connectivity index (χ0n) is 11.5. The number of carbonyl (C=O) groups is 1. The Hall–Kier alpha value is -0.570. The first-order chi connectivity index (χ1) is 8.70. The predicted molar refractivity (Wildman–Crippen MR) is 72.6 cm³/mol. The number of aliphatic carboxylic acids is 1. The second kappa shape index (κ2) is 6.55. The van der Waals surface area contributed by atoms with Gasteiger partial charge in [0.15, 0.2) is 0 Å². The van der Waals surface area contributed by atoms with Crippen LogP contribution in [0.1, 0.15) is 64.7 Å². The Labute approximate surface area is 110 Å². The number of nitrogens with one attached hydrogen (secondary N) is 1. The fourth-order valence-electron chi connectivity index (χ4n) is 3.73. The molecule has 2 rings (SSSR count). The first-order valence-electron chi connectivity index (χ1n) is 7.69. The van der Waals surface area contributed by atoms with Gasteiger partial charge in [0.25, 0.3) is 0 Å². The van der Waals surface area contributed by atoms with Gasteiger partial charge in [-0.05, 0) is 44.4 Å². The summed E-state index contributed by atoms with van der Waals surface area (Å²) in [5, 5.41) is 12.8. The minimum absolute atomic E-state index is 0.0867. The fraction of sp³-hybridized carbons (Fsp3) is 0.933. The number of hydrogen-bond acceptors (Lipinski definition) is 2. The van der Waals surface area contributed by atoms with Gasteiger partial charge in [0, 0.05) is 12.1 Å². The van der Waals surface area contributed by atoms with Crippen molar-refractivity contribution < 1.29 is 9.90 Å². The van der Waals surface area contributed by atoms with E-state index in [0.717, 1.165) is 31.6 Å². The lowest BCUT2D eigenvalue weighted by molar-refractivity contribution is -0.142. The van der Waals surface area contributed by atoms with Gasteiger partial charge in [-0.3, -0.25) is 4.79 Å². The van der Waals surface area contributed by atoms with Gasteiger partial charge in [0.05, 0.1) is 5.92 Å². The lowest BCUT2D eigenvalue weighted by Crippen LogP contribution is -2.46. The van der Waals surface area contributed by atoms with Gasteiger partial charge in [-0.1, -0.05) is 26.2 Å². The molecule has 0 heterocycles. The molecule has 0 saturated heterocycles. The van der Waals surface area contributed by atoms with E-state index in [2.05, 4.69) is 12.2 Å². The van der Waals surface area contributed by atoms with E-state index in [0.29, 0.717) is 12.1 Å². The van der Waals surface area contributed by atoms with E-state index in [9.17, 15) is 4.79 Å². The van der Waals surface area contributed by atoms with Crippen molar-refractivity contribution in [1.82, 2.24) is 5.32 Å². The molecule has 0 bridgehead atoms. The summed E-state index contributed by atoms with van der Waals surface area (Å²) in [4.78, 5) is 10.9. The molecule has 0 amide bonds. The molecule has 104 valence electrons. The van der Waals surface area contributed by atoms with E-state index in [1.54, 1.807) is 0 Å². The molecule has 0 spiro atoms. The molecular weight excluding hydrogens is 226 g/mol. The fourth-order valence-corrected chi connectivity index (χ4v) is 3.73. The number of carboxylic acids is 1. The molecule has 3 nitrogen and oxygen atoms in total. The van der Waals surface area contributed by atoms with Crippen molar-refractivity contribution in [3.8, 4) is 0 Å². The maximum Gasteiger partial charge on any atom is 0.306 e. The first-order valence-corrected chi connectivity index (χ1v) is 7.69. The maximum atomic E-state index is 10.9. The van der Waals surface area contributed by atoms with Crippen LogP contribution in [0.5, 0.6) is 0 Å². The second-order valence-corrected chi connectivity index (χ2v) is 6.11. The standard InChI is InChI=1S/C15H27NO2/c1-2-11-5-3-4-6-14(11)16-13-9-7-12(8-10-13)15(17)18/h11-14,16H,2-10H2,1H3,(H,17,18). The summed E-state index contributed by atoms with van der Waals surface area (Å²) in [5.74, 6) is 0.157. The summed E-state index contributed by atoms with van der Waals surface area (Å²) < 4.78 is 0. The zero-order chi connectivity index (χ0) is 13.0. The average molecular weight is 253 g/mol. The molecule has 2 aliphatic carbocycles. The summed E-state index contributed by atoms with van der Waals surface area (Å²) in [6.07, 6.45) is 10.5. The maximum absolute atomic E-state index is 10.9. The van der Waals surface area contributed by atoms with E-state index in [1.807, 2.05) is 0 Å². The van der Waals surface area contributed by atoms with E-state index >= 15 is 0 Å². The zero-order valence-corrected chi connectivity index (χ0v) is 11.5. The van der Waals surface area contributed by atoms with Gasteiger partial charge >= 0.3 is 5.97 Å². The van der Waals surface area contributed by atoms with Crippen LogP contribution < -0.4 is 5.32 Å². The third kappa shape index (κ3) is 3.47. The Morgan fingerprint density at radius 2 is 1.78 bits per heavy atom. The van der Waals surface area contributed by atoms with E-state index in [-0.39, 0.29) is 5.92 Å². The van der Waals surface area contributed by atoms with Gasteiger partial charge < -0.3 is 10.4 Å². The number of hydrogen-bond donors (Lipinski definition) is 2. The van der Waals surface area contributed by atoms with Crippen LogP contribution in [0, 0.1) is 11.8 Å². The summed E-state index contributed by atoms with van der Waals surface area (Å²) in [6.45, 7) is 2.30. The normalized spacial score (nSPS) is 37.4. The van der Waals surface area contributed by atoms with Gasteiger partial charge in [-0.2, -0.15) is 0 Å². The Bertz CT molecular complexity index is 272. The molecule has 0 aromatic carbocycles. The highest BCUT2D eigenvalue weighted by Gasteiger charge is 2.30. The molecular formula is C15H27NO2. The molecule has 0 aliphatic heterocycles. The average Bonchev–Trinajstić information content (AvgIpc) is 2.40. The van der Waals surface area contributed by atoms with E-state index < -0.39 is 5.97 Å². The van der Waals surface area contributed by atoms with Crippen molar-refractivity contribution in [3.63, 3.8) is 0 Å². The van der Waals surface area contributed by atoms with E-state index in [1.165, 1.54) is 32.1 Å². The SMILES string of the molecule is CCC1CCCCC1NC1CCC(C(=O)O)CC1. The number of rotatable bonds is 4. The molecule has 2 N–H and O–H groups in total. The molecule has 0 aromatic rings. The third-order valence-electron chi connectivity index (χ3n) is 4.96. The summed E-state index contributed by atoms with van der Waals surface area (Å²) in [5.41, 5.74) is 0. The van der Waals surface area contributed by atoms with Crippen LogP contribution in [-0.2, 0) is 4.79 Å². The summed E-state index contributed by atoms with van der Waals surface area (Å²) in [7, 11) is 0. The minimum atomic E-state index is -0.599. The lowest BCUT2D eigenvalue weighted by Gasteiger charge is -2.37. The van der Waals surface area contributed by atoms with Crippen molar-refractivity contribution in [2.75, 3.05) is 0 Å². The van der Waals surface area contributed by atoms with Crippen molar-refractivity contribution in [2.24, 2.45) is 11.8 Å². The molecule has 0 aromatic heterocycles. The van der Waals surface area contributed by atoms with Crippen molar-refractivity contribution in [2.45, 2.75) is 76.8 Å². The molecule has 2 saturated carbocycles. The molecule has 2 unspecified atom stereocenters. The smallest absolute Gasteiger partial charge is 0.306 e. The molecule has 3 heteroatoms. The highest BCUT2D eigenvalue weighted by molar-refractivity contribution is 5.70. The lowest BCUT2D eigenvalue weighted by atomic mass is 9.80. The Morgan fingerprint density at radius 3 is 2.39 bits per heavy atom. The van der Waals surface area contributed by atoms with Crippen molar-refractivity contribution >= 4 is 5.97 Å². The number of carboxylic acid groups (broad SMARTS) is 1. The Kier molecular flexibility index (Phi) is 5.04. The monoisotopic (exact) mass is 253 g/mol. The Balaban J connectivity index is 1.78. The molecule has 0 radical (unpaired) electrons. The van der Waals surface area contributed by atoms with Crippen LogP contribution in [0.2, 0.25) is 0 Å². The first kappa shape index (κ1) is 13.9. The van der Waals surface area contributed by atoms with Crippen LogP contribution in [0.15, 0.2) is 0 Å². The van der Waals surface area contributed by atoms with Crippen molar-refractivity contribution in [1.29, 1.82) is 0 Å². The van der Waals surface area contributed by atoms with Gasteiger partial charge in [0.2, 0.25) is 0 Å². The van der Waals surface area contributed by atoms with Crippen LogP contribution in [-0.4, -0.2) is 23.2 Å². The molecule has 2 atom stereocenters. The van der Waals surface area contributed by atoms with Crippen molar-refractivity contribution in [3.05, 3.63) is 0 Å². The van der Waals surface area contributed by atoms with Gasteiger partial charge in [0.1, 0.15) is 0 Å². The highest BCUT2D eigenvalue weighted by Crippen LogP contribution is 2.30. The van der Waals surface area contributed by atoms with Crippen LogP contribution in [0.4, 0.5) is 0 Å². The minimum Gasteiger partial charge on any atom is -0.481 e. The molecule has 2 aliphatic rings. The molecule has 2 fully saturated rings. The topological polar surface area (TPSA) is 49.3 Å². The molecule has 18 heavy (non-hydrogen) atoms. The summed E-state index contributed by atoms with van der Waals surface area (Å²) in [6, 6.07) is 1.26. The van der Waals surface area contributed by atoms with Gasteiger partial charge in [-0.15, -0.1) is 0 Å².